The molecule has 0 amide bonds. The molecule has 68 heavy (non-hydrogen) atoms. The summed E-state index contributed by atoms with van der Waals surface area (Å²) >= 11 is 0. The van der Waals surface area contributed by atoms with E-state index in [1.165, 1.54) is 9.13 Å². The summed E-state index contributed by atoms with van der Waals surface area (Å²) in [5.41, 5.74) is 4.86. The number of rotatable bonds is 12. The fourth-order valence-corrected chi connectivity index (χ4v) is 7.45. The van der Waals surface area contributed by atoms with Crippen LogP contribution in [0.2, 0.25) is 0 Å². The van der Waals surface area contributed by atoms with Gasteiger partial charge in [0, 0.05) is 6.54 Å². The number of hydrogen-bond acceptors (Lipinski definition) is 9. The van der Waals surface area contributed by atoms with Crippen molar-refractivity contribution in [1.82, 2.24) is 29.1 Å². The summed E-state index contributed by atoms with van der Waals surface area (Å²) in [5, 5.41) is 0. The SMILES string of the molecule is C/C=C\Cn1c(Oc2cc(C)cc(C)c2)c(C(C)C)c(=O)[nH]c1=O.CC#CCn1c(Oc2cc(C)cc(C)c2)c(C(C)C)c(=O)[nH]c1=O.Cc1cc(C)cc(Oc2[nH]c(=O)[nH]c(=O)c2C(C)C)c1. The van der Waals surface area contributed by atoms with Crippen molar-refractivity contribution in [3.05, 3.63) is 179 Å². The van der Waals surface area contributed by atoms with Crippen LogP contribution in [0.25, 0.3) is 0 Å². The molecule has 0 saturated heterocycles. The fraction of sp³-hybridized carbons (Fsp3) is 0.358. The molecule has 0 radical (unpaired) electrons. The first kappa shape index (κ1) is 53.0. The van der Waals surface area contributed by atoms with Gasteiger partial charge in [0.2, 0.25) is 17.6 Å². The Morgan fingerprint density at radius 2 is 0.882 bits per heavy atom. The minimum absolute atomic E-state index is 0.0588. The molecule has 3 aromatic heterocycles. The molecule has 0 aliphatic rings. The number of hydrogen-bond donors (Lipinski definition) is 4. The zero-order valence-electron chi connectivity index (χ0n) is 41.6. The van der Waals surface area contributed by atoms with E-state index in [4.69, 9.17) is 14.2 Å². The molecule has 0 aliphatic heterocycles. The van der Waals surface area contributed by atoms with E-state index in [0.717, 1.165) is 33.4 Å². The summed E-state index contributed by atoms with van der Waals surface area (Å²) in [5.74, 6) is 7.96. The first-order valence-corrected chi connectivity index (χ1v) is 22.4. The highest BCUT2D eigenvalue weighted by Gasteiger charge is 2.22. The summed E-state index contributed by atoms with van der Waals surface area (Å²) in [6.07, 6.45) is 3.70. The highest BCUT2D eigenvalue weighted by Crippen LogP contribution is 2.30. The summed E-state index contributed by atoms with van der Waals surface area (Å²) in [6, 6.07) is 17.3. The molecule has 0 fully saturated rings. The van der Waals surface area contributed by atoms with E-state index in [-0.39, 0.29) is 36.1 Å². The van der Waals surface area contributed by atoms with Gasteiger partial charge in [0.25, 0.3) is 16.7 Å². The molecule has 0 aliphatic carbocycles. The maximum absolute atomic E-state index is 12.3. The van der Waals surface area contributed by atoms with Gasteiger partial charge in [0.1, 0.15) is 17.2 Å². The average molecular weight is 929 g/mol. The van der Waals surface area contributed by atoms with Gasteiger partial charge in [-0.2, -0.15) is 0 Å². The smallest absolute Gasteiger partial charge is 0.332 e. The molecule has 0 spiro atoms. The van der Waals surface area contributed by atoms with Crippen molar-refractivity contribution >= 4 is 0 Å². The lowest BCUT2D eigenvalue weighted by molar-refractivity contribution is 0.411. The summed E-state index contributed by atoms with van der Waals surface area (Å²) < 4.78 is 20.6. The molecule has 15 heteroatoms. The lowest BCUT2D eigenvalue weighted by Crippen LogP contribution is -2.33. The molecule has 15 nitrogen and oxygen atoms in total. The number of aromatic amines is 4. The average Bonchev–Trinajstić information content (AvgIpc) is 3.19. The molecular formula is C53H64N6O9. The number of H-pyrrole nitrogens is 4. The predicted octanol–water partition coefficient (Wildman–Crippen LogP) is 9.33. The van der Waals surface area contributed by atoms with Crippen molar-refractivity contribution in [3.8, 4) is 46.7 Å². The minimum atomic E-state index is -0.571. The molecule has 4 N–H and O–H groups in total. The highest BCUT2D eigenvalue weighted by atomic mass is 16.5. The third-order valence-corrected chi connectivity index (χ3v) is 10.2. The Balaban J connectivity index is 0.000000223. The summed E-state index contributed by atoms with van der Waals surface area (Å²) in [6.45, 7) is 27.2. The van der Waals surface area contributed by atoms with Crippen LogP contribution < -0.4 is 48.0 Å². The number of aromatic nitrogens is 6. The Kier molecular flexibility index (Phi) is 18.5. The van der Waals surface area contributed by atoms with Gasteiger partial charge in [0.05, 0.1) is 23.2 Å². The van der Waals surface area contributed by atoms with Gasteiger partial charge < -0.3 is 14.2 Å². The lowest BCUT2D eigenvalue weighted by Gasteiger charge is -2.18. The third kappa shape index (κ3) is 14.2. The molecule has 360 valence electrons. The van der Waals surface area contributed by atoms with Crippen LogP contribution in [-0.2, 0) is 13.1 Å². The van der Waals surface area contributed by atoms with Crippen LogP contribution in [-0.4, -0.2) is 29.1 Å². The number of nitrogens with zero attached hydrogens (tertiary/aromatic N) is 2. The van der Waals surface area contributed by atoms with Crippen molar-refractivity contribution in [2.75, 3.05) is 0 Å². The van der Waals surface area contributed by atoms with Crippen molar-refractivity contribution in [3.63, 3.8) is 0 Å². The number of benzene rings is 3. The third-order valence-electron chi connectivity index (χ3n) is 10.2. The second-order valence-electron chi connectivity index (χ2n) is 17.5. The van der Waals surface area contributed by atoms with Gasteiger partial charge in [-0.05, 0) is 143 Å². The molecule has 0 atom stereocenters. The Morgan fingerprint density at radius 1 is 0.515 bits per heavy atom. The van der Waals surface area contributed by atoms with E-state index < -0.39 is 33.7 Å². The quantitative estimate of drug-likeness (QED) is 0.0681. The summed E-state index contributed by atoms with van der Waals surface area (Å²) in [4.78, 5) is 81.8. The van der Waals surface area contributed by atoms with E-state index in [1.807, 2.05) is 157 Å². The van der Waals surface area contributed by atoms with Crippen molar-refractivity contribution < 1.29 is 14.2 Å². The Hall–Kier alpha value is -7.60. The molecule has 0 saturated carbocycles. The Morgan fingerprint density at radius 3 is 1.26 bits per heavy atom. The first-order chi connectivity index (χ1) is 32.0. The van der Waals surface area contributed by atoms with Crippen molar-refractivity contribution in [1.29, 1.82) is 0 Å². The molecule has 6 rings (SSSR count). The lowest BCUT2D eigenvalue weighted by atomic mass is 10.1. The van der Waals surface area contributed by atoms with Crippen molar-refractivity contribution in [2.24, 2.45) is 0 Å². The van der Waals surface area contributed by atoms with Gasteiger partial charge in [-0.1, -0.05) is 77.8 Å². The van der Waals surface area contributed by atoms with Crippen LogP contribution in [0.1, 0.15) is 123 Å². The molecule has 6 aromatic rings. The van der Waals surface area contributed by atoms with E-state index in [9.17, 15) is 28.8 Å². The van der Waals surface area contributed by atoms with Crippen LogP contribution in [0, 0.1) is 53.4 Å². The zero-order chi connectivity index (χ0) is 50.6. The molecule has 0 bridgehead atoms. The van der Waals surface area contributed by atoms with Crippen LogP contribution >= 0.6 is 0 Å². The van der Waals surface area contributed by atoms with E-state index in [2.05, 4.69) is 31.8 Å². The second kappa shape index (κ2) is 23.7. The van der Waals surface area contributed by atoms with E-state index in [0.29, 0.717) is 46.4 Å². The standard InChI is InChI=1S/C19H24N2O3.C19H22N2O3.C15H18N2O3/c2*1-6-7-8-21-18(16(12(2)3)17(22)20-19(21)23)24-15-10-13(4)9-14(5)11-15;1-8(2)12-13(18)16-15(19)17-14(12)20-11-6-9(3)5-10(4)7-11/h6-7,9-12H,8H2,1-5H3,(H,20,22,23);9-12H,8H2,1-5H3,(H,20,22,23);5-8H,1-4H3,(H2,16,17,18,19)/b7-6-;;. The molecule has 0 unspecified atom stereocenters. The zero-order valence-corrected chi connectivity index (χ0v) is 41.6. The van der Waals surface area contributed by atoms with Crippen LogP contribution in [0.3, 0.4) is 0 Å². The molecule has 3 aromatic carbocycles. The van der Waals surface area contributed by atoms with Crippen molar-refractivity contribution in [2.45, 2.75) is 128 Å². The van der Waals surface area contributed by atoms with Gasteiger partial charge in [-0.3, -0.25) is 43.5 Å². The van der Waals surface area contributed by atoms with Gasteiger partial charge in [0.15, 0.2) is 0 Å². The van der Waals surface area contributed by atoms with Gasteiger partial charge in [-0.25, -0.2) is 14.4 Å². The predicted molar refractivity (Wildman–Crippen MR) is 269 cm³/mol. The van der Waals surface area contributed by atoms with Gasteiger partial charge >= 0.3 is 17.1 Å². The normalized spacial score (nSPS) is 10.9. The monoisotopic (exact) mass is 928 g/mol. The fourth-order valence-electron chi connectivity index (χ4n) is 7.45. The highest BCUT2D eigenvalue weighted by molar-refractivity contribution is 5.41. The number of nitrogens with one attached hydrogen (secondary N) is 4. The van der Waals surface area contributed by atoms with Crippen LogP contribution in [0.5, 0.6) is 34.9 Å². The maximum atomic E-state index is 12.3. The minimum Gasteiger partial charge on any atom is -0.440 e. The van der Waals surface area contributed by atoms with Crippen LogP contribution in [0.15, 0.2) is 95.5 Å². The second-order valence-corrected chi connectivity index (χ2v) is 17.5. The summed E-state index contributed by atoms with van der Waals surface area (Å²) in [7, 11) is 0. The molecule has 3 heterocycles. The van der Waals surface area contributed by atoms with E-state index in [1.54, 1.807) is 6.92 Å². The molecular weight excluding hydrogens is 865 g/mol. The Labute approximate surface area is 395 Å². The number of aryl methyl sites for hydroxylation is 6. The number of ether oxygens (including phenoxy) is 3. The maximum Gasteiger partial charge on any atom is 0.332 e. The Bertz CT molecular complexity index is 3160. The number of allylic oxidation sites excluding steroid dienone is 2. The van der Waals surface area contributed by atoms with Gasteiger partial charge in [-0.15, -0.1) is 5.92 Å². The van der Waals surface area contributed by atoms with Crippen LogP contribution in [0.4, 0.5) is 0 Å². The largest absolute Gasteiger partial charge is 0.440 e. The topological polar surface area (TPSA) is 203 Å². The van der Waals surface area contributed by atoms with E-state index >= 15 is 0 Å². The first-order valence-electron chi connectivity index (χ1n) is 22.4.